The van der Waals surface area contributed by atoms with Gasteiger partial charge in [0.05, 0.1) is 17.9 Å². The van der Waals surface area contributed by atoms with E-state index in [9.17, 15) is 9.59 Å². The summed E-state index contributed by atoms with van der Waals surface area (Å²) in [6.45, 7) is 3.79. The summed E-state index contributed by atoms with van der Waals surface area (Å²) in [6, 6.07) is 3.09. The second-order valence-electron chi connectivity index (χ2n) is 5.23. The molecule has 3 heterocycles. The number of aromatic nitrogens is 5. The summed E-state index contributed by atoms with van der Waals surface area (Å²) in [5.41, 5.74) is 0.955. The topological polar surface area (TPSA) is 114 Å². The van der Waals surface area contributed by atoms with Crippen molar-refractivity contribution in [3.8, 4) is 10.8 Å². The van der Waals surface area contributed by atoms with Crippen LogP contribution in [-0.2, 0) is 13.0 Å². The standard InChI is InChI=1S/C16H16N6O2S/c1-3-11-13(25-16(22-11)14-17-5-4-6-18-14)15(24)19-8-10-7-12(23)21-9(2)20-10/h4-7H,3,8H2,1-2H3,(H,19,24)(H,20,21,23). The predicted octanol–water partition coefficient (Wildman–Crippen LogP) is 1.48. The number of H-pyrrole nitrogens is 1. The van der Waals surface area contributed by atoms with Crippen LogP contribution in [0.1, 0.15) is 33.8 Å². The molecule has 0 saturated heterocycles. The van der Waals surface area contributed by atoms with Gasteiger partial charge in [0.2, 0.25) is 0 Å². The molecule has 3 rings (SSSR count). The van der Waals surface area contributed by atoms with E-state index >= 15 is 0 Å². The molecule has 0 radical (unpaired) electrons. The molecule has 128 valence electrons. The van der Waals surface area contributed by atoms with Gasteiger partial charge in [-0.05, 0) is 19.4 Å². The van der Waals surface area contributed by atoms with Crippen LogP contribution in [0.4, 0.5) is 0 Å². The second kappa shape index (κ2) is 7.31. The van der Waals surface area contributed by atoms with E-state index in [4.69, 9.17) is 0 Å². The predicted molar refractivity (Wildman–Crippen MR) is 93.3 cm³/mol. The Morgan fingerprint density at radius 3 is 2.72 bits per heavy atom. The summed E-state index contributed by atoms with van der Waals surface area (Å²) >= 11 is 1.25. The van der Waals surface area contributed by atoms with E-state index in [2.05, 4.69) is 30.2 Å². The molecule has 0 bridgehead atoms. The second-order valence-corrected chi connectivity index (χ2v) is 6.22. The number of carbonyl (C=O) groups is 1. The number of aryl methyl sites for hydroxylation is 2. The highest BCUT2D eigenvalue weighted by atomic mass is 32.1. The number of aromatic amines is 1. The first-order valence-electron chi connectivity index (χ1n) is 7.69. The minimum atomic E-state index is -0.253. The zero-order valence-electron chi connectivity index (χ0n) is 13.7. The largest absolute Gasteiger partial charge is 0.346 e. The van der Waals surface area contributed by atoms with Crippen molar-refractivity contribution in [2.45, 2.75) is 26.8 Å². The highest BCUT2D eigenvalue weighted by molar-refractivity contribution is 7.17. The lowest BCUT2D eigenvalue weighted by Gasteiger charge is -2.04. The van der Waals surface area contributed by atoms with Crippen molar-refractivity contribution in [1.82, 2.24) is 30.2 Å². The van der Waals surface area contributed by atoms with Gasteiger partial charge >= 0.3 is 0 Å². The average molecular weight is 356 g/mol. The van der Waals surface area contributed by atoms with Crippen molar-refractivity contribution in [3.63, 3.8) is 0 Å². The Kier molecular flexibility index (Phi) is 4.94. The highest BCUT2D eigenvalue weighted by Gasteiger charge is 2.19. The van der Waals surface area contributed by atoms with Crippen LogP contribution in [0, 0.1) is 6.92 Å². The van der Waals surface area contributed by atoms with E-state index in [1.165, 1.54) is 17.4 Å². The number of rotatable bonds is 5. The first-order chi connectivity index (χ1) is 12.1. The first kappa shape index (κ1) is 16.9. The van der Waals surface area contributed by atoms with Crippen molar-refractivity contribution in [1.29, 1.82) is 0 Å². The number of carbonyl (C=O) groups excluding carboxylic acids is 1. The molecule has 1 amide bonds. The van der Waals surface area contributed by atoms with E-state index in [0.717, 1.165) is 0 Å². The molecule has 0 aliphatic heterocycles. The lowest BCUT2D eigenvalue weighted by Crippen LogP contribution is -2.25. The zero-order valence-corrected chi connectivity index (χ0v) is 14.6. The quantitative estimate of drug-likeness (QED) is 0.716. The van der Waals surface area contributed by atoms with Gasteiger partial charge in [-0.1, -0.05) is 6.92 Å². The summed E-state index contributed by atoms with van der Waals surface area (Å²) in [6.07, 6.45) is 3.89. The van der Waals surface area contributed by atoms with Gasteiger partial charge in [-0.15, -0.1) is 11.3 Å². The van der Waals surface area contributed by atoms with Crippen LogP contribution in [0.5, 0.6) is 0 Å². The van der Waals surface area contributed by atoms with E-state index in [1.807, 2.05) is 6.92 Å². The van der Waals surface area contributed by atoms with Crippen molar-refractivity contribution in [3.05, 3.63) is 57.0 Å². The van der Waals surface area contributed by atoms with E-state index < -0.39 is 0 Å². The van der Waals surface area contributed by atoms with Gasteiger partial charge in [0.25, 0.3) is 11.5 Å². The zero-order chi connectivity index (χ0) is 17.8. The van der Waals surface area contributed by atoms with Crippen molar-refractivity contribution in [2.75, 3.05) is 0 Å². The number of nitrogens with one attached hydrogen (secondary N) is 2. The van der Waals surface area contributed by atoms with Gasteiger partial charge in [-0.2, -0.15) is 0 Å². The lowest BCUT2D eigenvalue weighted by atomic mass is 10.3. The molecule has 8 nitrogen and oxygen atoms in total. The fourth-order valence-corrected chi connectivity index (χ4v) is 3.28. The maximum absolute atomic E-state index is 12.5. The van der Waals surface area contributed by atoms with Crippen LogP contribution >= 0.6 is 11.3 Å². The minimum Gasteiger partial charge on any atom is -0.346 e. The molecular formula is C16H16N6O2S. The van der Waals surface area contributed by atoms with E-state index in [0.29, 0.717) is 39.3 Å². The van der Waals surface area contributed by atoms with Crippen molar-refractivity contribution < 1.29 is 4.79 Å². The molecule has 2 N–H and O–H groups in total. The third-order valence-corrected chi connectivity index (χ3v) is 4.43. The smallest absolute Gasteiger partial charge is 0.263 e. The summed E-state index contributed by atoms with van der Waals surface area (Å²) in [5.74, 6) is 0.747. The molecule has 0 unspecified atom stereocenters. The normalized spacial score (nSPS) is 10.6. The van der Waals surface area contributed by atoms with Gasteiger partial charge in [-0.25, -0.2) is 19.9 Å². The van der Waals surface area contributed by atoms with Crippen LogP contribution in [0.2, 0.25) is 0 Å². The van der Waals surface area contributed by atoms with Crippen LogP contribution in [0.25, 0.3) is 10.8 Å². The molecule has 0 spiro atoms. The Morgan fingerprint density at radius 1 is 1.28 bits per heavy atom. The SMILES string of the molecule is CCc1nc(-c2ncccn2)sc1C(=O)NCc1cc(=O)[nH]c(C)n1. The summed E-state index contributed by atoms with van der Waals surface area (Å²) < 4.78 is 0. The maximum Gasteiger partial charge on any atom is 0.263 e. The molecular weight excluding hydrogens is 340 g/mol. The summed E-state index contributed by atoms with van der Waals surface area (Å²) in [5, 5.41) is 3.39. The Balaban J connectivity index is 1.79. The molecule has 9 heteroatoms. The molecule has 0 aliphatic carbocycles. The van der Waals surface area contributed by atoms with Gasteiger partial charge in [0.1, 0.15) is 10.7 Å². The van der Waals surface area contributed by atoms with E-state index in [-0.39, 0.29) is 18.0 Å². The van der Waals surface area contributed by atoms with Gasteiger partial charge in [0.15, 0.2) is 10.8 Å². The number of nitrogens with zero attached hydrogens (tertiary/aromatic N) is 4. The number of hydrogen-bond acceptors (Lipinski definition) is 7. The Hall–Kier alpha value is -2.94. The number of amides is 1. The third kappa shape index (κ3) is 3.94. The number of thiazole rings is 1. The van der Waals surface area contributed by atoms with Crippen LogP contribution in [-0.4, -0.2) is 30.8 Å². The monoisotopic (exact) mass is 356 g/mol. The van der Waals surface area contributed by atoms with Crippen LogP contribution in [0.15, 0.2) is 29.3 Å². The first-order valence-corrected chi connectivity index (χ1v) is 8.50. The molecule has 0 saturated carbocycles. The minimum absolute atomic E-state index is 0.168. The van der Waals surface area contributed by atoms with Crippen LogP contribution in [0.3, 0.4) is 0 Å². The van der Waals surface area contributed by atoms with Crippen molar-refractivity contribution >= 4 is 17.2 Å². The molecule has 0 fully saturated rings. The lowest BCUT2D eigenvalue weighted by molar-refractivity contribution is 0.0953. The molecule has 3 aromatic rings. The Labute approximate surface area is 147 Å². The van der Waals surface area contributed by atoms with Gasteiger partial charge in [-0.3, -0.25) is 9.59 Å². The van der Waals surface area contributed by atoms with Gasteiger partial charge in [0, 0.05) is 18.5 Å². The number of hydrogen-bond donors (Lipinski definition) is 2. The molecule has 25 heavy (non-hydrogen) atoms. The summed E-state index contributed by atoms with van der Waals surface area (Å²) in [4.78, 5) is 44.1. The molecule has 3 aromatic heterocycles. The maximum atomic E-state index is 12.5. The third-order valence-electron chi connectivity index (χ3n) is 3.34. The highest BCUT2D eigenvalue weighted by Crippen LogP contribution is 2.25. The molecule has 0 aliphatic rings. The van der Waals surface area contributed by atoms with Gasteiger partial charge < -0.3 is 10.3 Å². The van der Waals surface area contributed by atoms with Crippen LogP contribution < -0.4 is 10.9 Å². The molecule has 0 aromatic carbocycles. The Bertz CT molecular complexity index is 951. The average Bonchev–Trinajstić information content (AvgIpc) is 3.04. The van der Waals surface area contributed by atoms with E-state index in [1.54, 1.807) is 25.4 Å². The summed E-state index contributed by atoms with van der Waals surface area (Å²) in [7, 11) is 0. The fourth-order valence-electron chi connectivity index (χ4n) is 2.26. The Morgan fingerprint density at radius 2 is 2.04 bits per heavy atom. The fraction of sp³-hybridized carbons (Fsp3) is 0.250. The van der Waals surface area contributed by atoms with Crippen molar-refractivity contribution in [2.24, 2.45) is 0 Å². The molecule has 0 atom stereocenters.